The fraction of sp³-hybridized carbons (Fsp3) is 0.154. The summed E-state index contributed by atoms with van der Waals surface area (Å²) in [5.41, 5.74) is 2.58. The predicted molar refractivity (Wildman–Crippen MR) is 64.8 cm³/mol. The van der Waals surface area contributed by atoms with E-state index in [-0.39, 0.29) is 11.7 Å². The summed E-state index contributed by atoms with van der Waals surface area (Å²) in [5.74, 6) is -0.464. The number of hydrogen-bond acceptors (Lipinski definition) is 3. The van der Waals surface area contributed by atoms with Crippen molar-refractivity contribution >= 4 is 17.3 Å². The maximum Gasteiger partial charge on any atom is 0.251 e. The third-order valence-corrected chi connectivity index (χ3v) is 3.00. The molecule has 2 aromatic rings. The van der Waals surface area contributed by atoms with Crippen LogP contribution in [0.1, 0.15) is 17.2 Å². The van der Waals surface area contributed by atoms with Gasteiger partial charge in [-0.05, 0) is 24.1 Å². The van der Waals surface area contributed by atoms with Crippen LogP contribution in [0.15, 0.2) is 35.1 Å². The molecule has 5 heteroatoms. The normalized spacial score (nSPS) is 17.9. The molecule has 1 atom stereocenters. The van der Waals surface area contributed by atoms with Crippen molar-refractivity contribution in [3.05, 3.63) is 47.7 Å². The molecule has 0 saturated heterocycles. The molecule has 92 valence electrons. The van der Waals surface area contributed by atoms with Gasteiger partial charge in [0.1, 0.15) is 30.1 Å². The van der Waals surface area contributed by atoms with Gasteiger partial charge in [0.25, 0.3) is 5.91 Å². The Morgan fingerprint density at radius 3 is 2.83 bits per heavy atom. The van der Waals surface area contributed by atoms with Crippen LogP contribution >= 0.6 is 0 Å². The molecule has 0 aliphatic carbocycles. The summed E-state index contributed by atoms with van der Waals surface area (Å²) >= 11 is 0. The van der Waals surface area contributed by atoms with Crippen LogP contribution < -0.4 is 10.6 Å². The number of nitrogens with one attached hydrogen (secondary N) is 2. The van der Waals surface area contributed by atoms with Gasteiger partial charge in [0.2, 0.25) is 0 Å². The van der Waals surface area contributed by atoms with Gasteiger partial charge in [-0.3, -0.25) is 4.79 Å². The van der Waals surface area contributed by atoms with Crippen molar-refractivity contribution < 1.29 is 13.6 Å². The highest BCUT2D eigenvalue weighted by atomic mass is 19.1. The van der Waals surface area contributed by atoms with E-state index in [2.05, 4.69) is 10.6 Å². The molecule has 3 rings (SSSR count). The number of hydrogen-bond donors (Lipinski definition) is 2. The van der Waals surface area contributed by atoms with Gasteiger partial charge in [-0.2, -0.15) is 0 Å². The number of amides is 1. The van der Waals surface area contributed by atoms with Crippen molar-refractivity contribution in [2.45, 2.75) is 13.0 Å². The average Bonchev–Trinajstić information content (AvgIpc) is 2.79. The Morgan fingerprint density at radius 1 is 1.28 bits per heavy atom. The highest BCUT2D eigenvalue weighted by Crippen LogP contribution is 2.33. The SMILES string of the molecule is Cc1cc(C2Nc3cocc3NC2=O)ccc1F. The molecule has 0 radical (unpaired) electrons. The number of carbonyl (C=O) groups is 1. The molecular formula is C13H11FN2O2. The Balaban J connectivity index is 1.97. The van der Waals surface area contributed by atoms with Crippen molar-refractivity contribution in [2.75, 3.05) is 10.6 Å². The number of anilines is 2. The molecule has 0 spiro atoms. The number of furan rings is 1. The van der Waals surface area contributed by atoms with Gasteiger partial charge in [0.05, 0.1) is 5.69 Å². The fourth-order valence-corrected chi connectivity index (χ4v) is 2.01. The Morgan fingerprint density at radius 2 is 2.06 bits per heavy atom. The van der Waals surface area contributed by atoms with Crippen molar-refractivity contribution in [1.29, 1.82) is 0 Å². The molecule has 1 amide bonds. The quantitative estimate of drug-likeness (QED) is 0.813. The van der Waals surface area contributed by atoms with E-state index in [9.17, 15) is 9.18 Å². The van der Waals surface area contributed by atoms with Gasteiger partial charge in [-0.15, -0.1) is 0 Å². The van der Waals surface area contributed by atoms with E-state index in [4.69, 9.17) is 4.42 Å². The van der Waals surface area contributed by atoms with Gasteiger partial charge in [0.15, 0.2) is 0 Å². The van der Waals surface area contributed by atoms with Gasteiger partial charge in [0, 0.05) is 0 Å². The average molecular weight is 246 g/mol. The van der Waals surface area contributed by atoms with Crippen LogP contribution in [0.5, 0.6) is 0 Å². The van der Waals surface area contributed by atoms with Crippen LogP contribution in [-0.4, -0.2) is 5.91 Å². The van der Waals surface area contributed by atoms with Crippen molar-refractivity contribution in [3.8, 4) is 0 Å². The summed E-state index contributed by atoms with van der Waals surface area (Å²) < 4.78 is 18.2. The fourth-order valence-electron chi connectivity index (χ4n) is 2.01. The highest BCUT2D eigenvalue weighted by Gasteiger charge is 2.28. The lowest BCUT2D eigenvalue weighted by molar-refractivity contribution is -0.117. The maximum atomic E-state index is 13.2. The number of carbonyl (C=O) groups excluding carboxylic acids is 1. The zero-order valence-corrected chi connectivity index (χ0v) is 9.66. The van der Waals surface area contributed by atoms with Crippen LogP contribution in [0.2, 0.25) is 0 Å². The first-order chi connectivity index (χ1) is 8.65. The molecule has 1 aromatic carbocycles. The Kier molecular flexibility index (Phi) is 2.33. The van der Waals surface area contributed by atoms with Crippen LogP contribution in [0, 0.1) is 12.7 Å². The molecule has 0 bridgehead atoms. The second kappa shape index (κ2) is 3.87. The predicted octanol–water partition coefficient (Wildman–Crippen LogP) is 2.83. The van der Waals surface area contributed by atoms with E-state index in [0.29, 0.717) is 11.3 Å². The van der Waals surface area contributed by atoms with E-state index in [1.807, 2.05) is 0 Å². The minimum absolute atomic E-state index is 0.185. The number of aryl methyl sites for hydroxylation is 1. The molecule has 0 fully saturated rings. The smallest absolute Gasteiger partial charge is 0.251 e. The topological polar surface area (TPSA) is 54.3 Å². The lowest BCUT2D eigenvalue weighted by atomic mass is 10.0. The number of benzene rings is 1. The van der Waals surface area contributed by atoms with Gasteiger partial charge in [-0.25, -0.2) is 4.39 Å². The molecule has 0 saturated carbocycles. The monoisotopic (exact) mass is 246 g/mol. The van der Waals surface area contributed by atoms with E-state index in [1.165, 1.54) is 18.6 Å². The summed E-state index contributed by atoms with van der Waals surface area (Å²) in [5, 5.41) is 5.80. The summed E-state index contributed by atoms with van der Waals surface area (Å²) in [6.07, 6.45) is 2.99. The van der Waals surface area contributed by atoms with Crippen LogP contribution in [0.4, 0.5) is 15.8 Å². The molecule has 18 heavy (non-hydrogen) atoms. The molecule has 2 heterocycles. The van der Waals surface area contributed by atoms with Crippen molar-refractivity contribution in [2.24, 2.45) is 0 Å². The summed E-state index contributed by atoms with van der Waals surface area (Å²) in [7, 11) is 0. The highest BCUT2D eigenvalue weighted by molar-refractivity contribution is 6.03. The molecule has 2 N–H and O–H groups in total. The second-order valence-corrected chi connectivity index (χ2v) is 4.27. The van der Waals surface area contributed by atoms with Gasteiger partial charge >= 0.3 is 0 Å². The second-order valence-electron chi connectivity index (χ2n) is 4.27. The van der Waals surface area contributed by atoms with Crippen LogP contribution in [0.3, 0.4) is 0 Å². The van der Waals surface area contributed by atoms with Crippen LogP contribution in [0.25, 0.3) is 0 Å². The third-order valence-electron chi connectivity index (χ3n) is 3.00. The molecule has 4 nitrogen and oxygen atoms in total. The zero-order valence-electron chi connectivity index (χ0n) is 9.66. The standard InChI is InChI=1S/C13H11FN2O2/c1-7-4-8(2-3-9(7)14)12-13(17)16-11-6-18-5-10(11)15-12/h2-6,12,15H,1H3,(H,16,17). The number of halogens is 1. The zero-order chi connectivity index (χ0) is 12.7. The third kappa shape index (κ3) is 1.64. The lowest BCUT2D eigenvalue weighted by Crippen LogP contribution is -2.31. The van der Waals surface area contributed by atoms with Crippen molar-refractivity contribution in [1.82, 2.24) is 0 Å². The number of rotatable bonds is 1. The summed E-state index contributed by atoms with van der Waals surface area (Å²) in [4.78, 5) is 11.9. The van der Waals surface area contributed by atoms with Crippen molar-refractivity contribution in [3.63, 3.8) is 0 Å². The first kappa shape index (κ1) is 10.8. The minimum atomic E-state index is -0.533. The molecule has 1 aromatic heterocycles. The summed E-state index contributed by atoms with van der Waals surface area (Å²) in [6.45, 7) is 1.67. The van der Waals surface area contributed by atoms with Gasteiger partial charge in [-0.1, -0.05) is 12.1 Å². The van der Waals surface area contributed by atoms with E-state index < -0.39 is 6.04 Å². The molecular weight excluding hydrogens is 235 g/mol. The minimum Gasteiger partial charge on any atom is -0.468 e. The summed E-state index contributed by atoms with van der Waals surface area (Å²) in [6, 6.07) is 4.10. The first-order valence-corrected chi connectivity index (χ1v) is 5.55. The Bertz CT molecular complexity index is 621. The van der Waals surface area contributed by atoms with Crippen LogP contribution in [-0.2, 0) is 4.79 Å². The molecule has 1 aliphatic rings. The molecule has 1 aliphatic heterocycles. The largest absolute Gasteiger partial charge is 0.468 e. The maximum absolute atomic E-state index is 13.2. The van der Waals surface area contributed by atoms with Gasteiger partial charge < -0.3 is 15.1 Å². The van der Waals surface area contributed by atoms with E-state index in [0.717, 1.165) is 11.3 Å². The molecule has 1 unspecified atom stereocenters. The first-order valence-electron chi connectivity index (χ1n) is 5.55. The Labute approximate surface area is 103 Å². The number of fused-ring (bicyclic) bond motifs is 1. The van der Waals surface area contributed by atoms with E-state index >= 15 is 0 Å². The lowest BCUT2D eigenvalue weighted by Gasteiger charge is -2.24. The Hall–Kier alpha value is -2.30. The van der Waals surface area contributed by atoms with E-state index in [1.54, 1.807) is 19.1 Å².